The average Bonchev–Trinajstić information content (AvgIpc) is 2.97. The van der Waals surface area contributed by atoms with Crippen molar-refractivity contribution in [3.05, 3.63) is 81.5 Å². The van der Waals surface area contributed by atoms with Crippen LogP contribution in [0.1, 0.15) is 50.7 Å². The molecule has 1 saturated heterocycles. The highest BCUT2D eigenvalue weighted by Crippen LogP contribution is 2.51. The fourth-order valence-corrected chi connectivity index (χ4v) is 6.17. The van der Waals surface area contributed by atoms with Gasteiger partial charge in [0.2, 0.25) is 11.8 Å². The number of esters is 1. The summed E-state index contributed by atoms with van der Waals surface area (Å²) in [5.41, 5.74) is 0.828. The molecule has 0 bridgehead atoms. The van der Waals surface area contributed by atoms with Crippen LogP contribution in [0.4, 0.5) is 0 Å². The summed E-state index contributed by atoms with van der Waals surface area (Å²) in [6.45, 7) is 5.05. The highest BCUT2D eigenvalue weighted by molar-refractivity contribution is 6.35. The average molecular weight is 618 g/mol. The molecule has 226 valence electrons. The van der Waals surface area contributed by atoms with Crippen molar-refractivity contribution in [2.45, 2.75) is 64.9 Å². The van der Waals surface area contributed by atoms with Gasteiger partial charge in [0.25, 0.3) is 0 Å². The van der Waals surface area contributed by atoms with Crippen molar-refractivity contribution >= 4 is 41.0 Å². The number of carbonyl (C=O) groups excluding carboxylic acids is 3. The van der Waals surface area contributed by atoms with Gasteiger partial charge in [-0.3, -0.25) is 14.4 Å². The lowest BCUT2D eigenvalue weighted by Gasteiger charge is -2.51. The van der Waals surface area contributed by atoms with Crippen LogP contribution in [0.25, 0.3) is 0 Å². The molecule has 2 heterocycles. The quantitative estimate of drug-likeness (QED) is 0.243. The number of rotatable bonds is 12. The highest BCUT2D eigenvalue weighted by Gasteiger charge is 2.59. The van der Waals surface area contributed by atoms with E-state index in [4.69, 9.17) is 37.4 Å². The molecule has 1 fully saturated rings. The molecule has 0 aliphatic carbocycles. The van der Waals surface area contributed by atoms with Crippen molar-refractivity contribution in [2.24, 2.45) is 11.3 Å². The van der Waals surface area contributed by atoms with Crippen LogP contribution in [0.15, 0.2) is 60.3 Å². The van der Waals surface area contributed by atoms with E-state index in [0.717, 1.165) is 18.4 Å². The fourth-order valence-electron chi connectivity index (χ4n) is 5.70. The number of fused-ring (bicyclic) bond motifs is 1. The molecule has 10 heteroatoms. The van der Waals surface area contributed by atoms with Crippen LogP contribution in [-0.2, 0) is 41.7 Å². The van der Waals surface area contributed by atoms with Crippen molar-refractivity contribution in [1.82, 2.24) is 10.2 Å². The van der Waals surface area contributed by atoms with Crippen LogP contribution >= 0.6 is 23.2 Å². The number of benzene rings is 2. The Balaban J connectivity index is 1.69. The Morgan fingerprint density at radius 2 is 1.93 bits per heavy atom. The summed E-state index contributed by atoms with van der Waals surface area (Å²) in [6, 6.07) is 14.8. The largest absolute Gasteiger partial charge is 0.468 e. The normalized spacial score (nSPS) is 23.6. The minimum absolute atomic E-state index is 0.0598. The van der Waals surface area contributed by atoms with E-state index in [1.54, 1.807) is 36.1 Å². The van der Waals surface area contributed by atoms with Gasteiger partial charge in [-0.15, -0.1) is 0 Å². The Labute approximate surface area is 257 Å². The maximum absolute atomic E-state index is 14.1. The second kappa shape index (κ2) is 14.5. The number of methoxy groups -OCH3 is 1. The third kappa shape index (κ3) is 7.17. The van der Waals surface area contributed by atoms with Crippen molar-refractivity contribution in [3.8, 4) is 0 Å². The number of unbranched alkanes of at least 4 members (excludes halogenated alkanes) is 1. The molecule has 8 nitrogen and oxygen atoms in total. The van der Waals surface area contributed by atoms with E-state index < -0.39 is 29.5 Å². The number of ether oxygens (including phenoxy) is 3. The first-order valence-electron chi connectivity index (χ1n) is 14.3. The first-order valence-corrected chi connectivity index (χ1v) is 15.0. The van der Waals surface area contributed by atoms with Gasteiger partial charge in [0.05, 0.1) is 33.0 Å². The maximum atomic E-state index is 14.1. The number of halogens is 2. The number of nitrogens with zero attached hydrogens (tertiary/aromatic N) is 1. The van der Waals surface area contributed by atoms with Gasteiger partial charge in [-0.2, -0.15) is 0 Å². The molecule has 0 unspecified atom stereocenters. The van der Waals surface area contributed by atoms with Crippen molar-refractivity contribution in [2.75, 3.05) is 20.3 Å². The lowest BCUT2D eigenvalue weighted by atomic mass is 9.66. The topological polar surface area (TPSA) is 94.2 Å². The minimum atomic E-state index is -1.31. The van der Waals surface area contributed by atoms with E-state index in [9.17, 15) is 14.4 Å². The van der Waals surface area contributed by atoms with E-state index in [1.165, 1.54) is 7.11 Å². The van der Waals surface area contributed by atoms with Crippen LogP contribution in [0.2, 0.25) is 10.0 Å². The molecule has 2 amide bonds. The zero-order valence-electron chi connectivity index (χ0n) is 24.2. The molecular weight excluding hydrogens is 579 g/mol. The first-order chi connectivity index (χ1) is 20.2. The SMILES string of the molecule is CCCCNC(=O)C[C@H]1C[C@@]2(C(=O)OC)C(=C[C@H](COCc3ccccc3)O[C@@H]2C)N(Cc2ccc(Cl)cc2Cl)C1=O. The summed E-state index contributed by atoms with van der Waals surface area (Å²) in [5, 5.41) is 3.75. The van der Waals surface area contributed by atoms with Crippen molar-refractivity contribution < 1.29 is 28.6 Å². The summed E-state index contributed by atoms with van der Waals surface area (Å²) in [5.74, 6) is -1.81. The number of hydrogen-bond donors (Lipinski definition) is 1. The van der Waals surface area contributed by atoms with Crippen molar-refractivity contribution in [1.29, 1.82) is 0 Å². The van der Waals surface area contributed by atoms with Gasteiger partial charge in [-0.1, -0.05) is 72.9 Å². The molecule has 2 aromatic rings. The molecule has 42 heavy (non-hydrogen) atoms. The molecule has 2 aliphatic rings. The van der Waals surface area contributed by atoms with Gasteiger partial charge in [-0.05, 0) is 49.1 Å². The Bertz CT molecular complexity index is 1300. The predicted octanol–water partition coefficient (Wildman–Crippen LogP) is 5.70. The van der Waals surface area contributed by atoms with Crippen molar-refractivity contribution in [3.63, 3.8) is 0 Å². The number of amides is 2. The van der Waals surface area contributed by atoms with E-state index in [-0.39, 0.29) is 37.8 Å². The molecule has 0 aromatic heterocycles. The van der Waals surface area contributed by atoms with Crippen LogP contribution in [-0.4, -0.2) is 55.2 Å². The third-order valence-corrected chi connectivity index (χ3v) is 8.51. The van der Waals surface area contributed by atoms with Gasteiger partial charge in [0.1, 0.15) is 11.5 Å². The number of carbonyl (C=O) groups is 3. The van der Waals surface area contributed by atoms with Crippen LogP contribution in [0.3, 0.4) is 0 Å². The Morgan fingerprint density at radius 3 is 2.62 bits per heavy atom. The van der Waals surface area contributed by atoms with E-state index >= 15 is 0 Å². The van der Waals surface area contributed by atoms with Gasteiger partial charge >= 0.3 is 5.97 Å². The summed E-state index contributed by atoms with van der Waals surface area (Å²) < 4.78 is 17.6. The van der Waals surface area contributed by atoms with E-state index in [2.05, 4.69) is 5.32 Å². The van der Waals surface area contributed by atoms with E-state index in [0.29, 0.717) is 34.5 Å². The van der Waals surface area contributed by atoms with Crippen LogP contribution < -0.4 is 5.32 Å². The molecule has 0 saturated carbocycles. The first kappa shape index (κ1) is 32.0. The van der Waals surface area contributed by atoms with Crippen LogP contribution in [0.5, 0.6) is 0 Å². The van der Waals surface area contributed by atoms with Gasteiger partial charge in [-0.25, -0.2) is 0 Å². The second-order valence-corrected chi connectivity index (χ2v) is 11.6. The molecule has 0 spiro atoms. The fraction of sp³-hybridized carbons (Fsp3) is 0.469. The van der Waals surface area contributed by atoms with Crippen LogP contribution in [0, 0.1) is 11.3 Å². The standard InChI is InChI=1S/C32H38Cl2N2O6/c1-4-5-13-35-29(37)14-24-17-32(31(39)40-3)21(2)42-26(20-41-19-22-9-7-6-8-10-22)16-28(32)36(30(24)38)18-23-11-12-25(33)15-27(23)34/h6-12,15-16,21,24,26H,4-5,13-14,17-20H2,1-3H3,(H,35,37)/t21-,24+,26-,32+/m1/s1. The maximum Gasteiger partial charge on any atom is 0.320 e. The molecule has 4 rings (SSSR count). The summed E-state index contributed by atoms with van der Waals surface area (Å²) in [6.07, 6.45) is 2.37. The molecule has 2 aliphatic heterocycles. The Hall–Kier alpha value is -2.91. The summed E-state index contributed by atoms with van der Waals surface area (Å²) >= 11 is 12.7. The highest BCUT2D eigenvalue weighted by atomic mass is 35.5. The smallest absolute Gasteiger partial charge is 0.320 e. The zero-order chi connectivity index (χ0) is 30.3. The predicted molar refractivity (Wildman–Crippen MR) is 161 cm³/mol. The lowest BCUT2D eigenvalue weighted by Crippen LogP contribution is -2.60. The Morgan fingerprint density at radius 1 is 1.17 bits per heavy atom. The molecule has 2 aromatic carbocycles. The zero-order valence-corrected chi connectivity index (χ0v) is 25.7. The minimum Gasteiger partial charge on any atom is -0.468 e. The van der Waals surface area contributed by atoms with Gasteiger partial charge < -0.3 is 24.4 Å². The Kier molecular flexibility index (Phi) is 11.1. The number of hydrogen-bond acceptors (Lipinski definition) is 6. The second-order valence-electron chi connectivity index (χ2n) is 10.8. The molecular formula is C32H38Cl2N2O6. The van der Waals surface area contributed by atoms with Gasteiger partial charge in [0.15, 0.2) is 0 Å². The number of nitrogens with one attached hydrogen (secondary N) is 1. The molecule has 1 N–H and O–H groups in total. The summed E-state index contributed by atoms with van der Waals surface area (Å²) in [7, 11) is 1.32. The number of piperidine rings is 1. The molecule has 4 atom stereocenters. The molecule has 0 radical (unpaired) electrons. The third-order valence-electron chi connectivity index (χ3n) is 7.92. The lowest BCUT2D eigenvalue weighted by molar-refractivity contribution is -0.178. The van der Waals surface area contributed by atoms with E-state index in [1.807, 2.05) is 37.3 Å². The summed E-state index contributed by atoms with van der Waals surface area (Å²) in [4.78, 5) is 42.2. The number of likely N-dealkylation sites (tertiary alicyclic amines) is 1. The van der Waals surface area contributed by atoms with Gasteiger partial charge in [0, 0.05) is 34.6 Å². The monoisotopic (exact) mass is 616 g/mol.